The first-order valence-electron chi connectivity index (χ1n) is 7.24. The summed E-state index contributed by atoms with van der Waals surface area (Å²) in [6.45, 7) is 4.45. The smallest absolute Gasteiger partial charge is 0.0558 e. The lowest BCUT2D eigenvalue weighted by atomic mass is 9.93. The van der Waals surface area contributed by atoms with Crippen LogP contribution in [0.2, 0.25) is 0 Å². The van der Waals surface area contributed by atoms with Gasteiger partial charge in [-0.15, -0.1) is 0 Å². The van der Waals surface area contributed by atoms with Crippen LogP contribution >= 0.6 is 0 Å². The van der Waals surface area contributed by atoms with E-state index in [1.165, 1.54) is 24.9 Å². The van der Waals surface area contributed by atoms with Crippen molar-refractivity contribution < 1.29 is 5.11 Å². The van der Waals surface area contributed by atoms with Crippen molar-refractivity contribution >= 4 is 5.69 Å². The number of nitrogens with zero attached hydrogens (tertiary/aromatic N) is 3. The molecular formula is C15H25N3O. The highest BCUT2D eigenvalue weighted by Gasteiger charge is 2.19. The normalized spacial score (nSPS) is 17.1. The Balaban J connectivity index is 1.71. The number of aliphatic hydroxyl groups is 1. The molecular weight excluding hydrogens is 238 g/mol. The molecule has 4 nitrogen and oxygen atoms in total. The fraction of sp³-hybridized carbons (Fsp3) is 0.667. The fourth-order valence-corrected chi connectivity index (χ4v) is 2.72. The Morgan fingerprint density at radius 3 is 2.58 bits per heavy atom. The molecule has 0 atom stereocenters. The summed E-state index contributed by atoms with van der Waals surface area (Å²) >= 11 is 0. The second kappa shape index (κ2) is 7.46. The summed E-state index contributed by atoms with van der Waals surface area (Å²) in [5, 5.41) is 8.88. The molecule has 1 saturated heterocycles. The number of pyridine rings is 1. The predicted molar refractivity (Wildman–Crippen MR) is 78.4 cm³/mol. The standard InChI is InChI=1S/C15H25N3O/c1-17(12-13-19)9-4-14-5-10-18(11-6-14)15-2-7-16-8-3-15/h2-3,7-8,14,19H,4-6,9-13H2,1H3. The van der Waals surface area contributed by atoms with E-state index in [1.807, 2.05) is 12.4 Å². The molecule has 1 fully saturated rings. The van der Waals surface area contributed by atoms with Crippen molar-refractivity contribution in [2.75, 3.05) is 44.7 Å². The molecule has 1 aromatic heterocycles. The first kappa shape index (κ1) is 14.3. The molecule has 0 saturated carbocycles. The summed E-state index contributed by atoms with van der Waals surface area (Å²) in [7, 11) is 2.09. The fourth-order valence-electron chi connectivity index (χ4n) is 2.72. The highest BCUT2D eigenvalue weighted by molar-refractivity contribution is 5.44. The van der Waals surface area contributed by atoms with Crippen LogP contribution in [-0.2, 0) is 0 Å². The summed E-state index contributed by atoms with van der Waals surface area (Å²) < 4.78 is 0. The topological polar surface area (TPSA) is 39.6 Å². The van der Waals surface area contributed by atoms with Crippen LogP contribution in [0, 0.1) is 5.92 Å². The average Bonchev–Trinajstić information content (AvgIpc) is 2.47. The molecule has 1 aliphatic heterocycles. The van der Waals surface area contributed by atoms with Crippen molar-refractivity contribution in [2.24, 2.45) is 5.92 Å². The Morgan fingerprint density at radius 1 is 1.26 bits per heavy atom. The van der Waals surface area contributed by atoms with E-state index >= 15 is 0 Å². The third-order valence-electron chi connectivity index (χ3n) is 4.04. The molecule has 0 unspecified atom stereocenters. The van der Waals surface area contributed by atoms with Gasteiger partial charge < -0.3 is 14.9 Å². The van der Waals surface area contributed by atoms with Gasteiger partial charge in [-0.25, -0.2) is 0 Å². The van der Waals surface area contributed by atoms with Gasteiger partial charge in [0, 0.05) is 37.7 Å². The quantitative estimate of drug-likeness (QED) is 0.846. The van der Waals surface area contributed by atoms with Gasteiger partial charge in [0.25, 0.3) is 0 Å². The maximum atomic E-state index is 8.88. The van der Waals surface area contributed by atoms with Crippen molar-refractivity contribution in [3.63, 3.8) is 0 Å². The van der Waals surface area contributed by atoms with E-state index in [1.54, 1.807) is 0 Å². The van der Waals surface area contributed by atoms with E-state index in [0.717, 1.165) is 32.1 Å². The van der Waals surface area contributed by atoms with Crippen molar-refractivity contribution in [3.8, 4) is 0 Å². The van der Waals surface area contributed by atoms with E-state index in [2.05, 4.69) is 34.0 Å². The summed E-state index contributed by atoms with van der Waals surface area (Å²) in [6, 6.07) is 4.19. The highest BCUT2D eigenvalue weighted by Crippen LogP contribution is 2.24. The molecule has 2 heterocycles. The van der Waals surface area contributed by atoms with Gasteiger partial charge >= 0.3 is 0 Å². The first-order chi connectivity index (χ1) is 9.29. The zero-order chi connectivity index (χ0) is 13.5. The Kier molecular flexibility index (Phi) is 5.61. The molecule has 0 amide bonds. The summed E-state index contributed by atoms with van der Waals surface area (Å²) in [6.07, 6.45) is 7.53. The lowest BCUT2D eigenvalue weighted by molar-refractivity contribution is 0.208. The Labute approximate surface area is 116 Å². The maximum absolute atomic E-state index is 8.88. The monoisotopic (exact) mass is 263 g/mol. The molecule has 106 valence electrons. The van der Waals surface area contributed by atoms with Gasteiger partial charge in [0.15, 0.2) is 0 Å². The van der Waals surface area contributed by atoms with Crippen LogP contribution in [0.4, 0.5) is 5.69 Å². The number of anilines is 1. The average molecular weight is 263 g/mol. The number of likely N-dealkylation sites (N-methyl/N-ethyl adjacent to an activating group) is 1. The van der Waals surface area contributed by atoms with E-state index in [9.17, 15) is 0 Å². The lowest BCUT2D eigenvalue weighted by Crippen LogP contribution is -2.35. The molecule has 2 rings (SSSR count). The molecule has 4 heteroatoms. The van der Waals surface area contributed by atoms with Crippen LogP contribution in [0.5, 0.6) is 0 Å². The predicted octanol–water partition coefficient (Wildman–Crippen LogP) is 1.61. The SMILES string of the molecule is CN(CCO)CCC1CCN(c2ccncc2)CC1. The minimum atomic E-state index is 0.261. The number of rotatable bonds is 6. The van der Waals surface area contributed by atoms with Crippen LogP contribution in [0.25, 0.3) is 0 Å². The zero-order valence-electron chi connectivity index (χ0n) is 11.8. The second-order valence-electron chi connectivity index (χ2n) is 5.45. The third-order valence-corrected chi connectivity index (χ3v) is 4.04. The minimum absolute atomic E-state index is 0.261. The molecule has 0 radical (unpaired) electrons. The molecule has 0 aliphatic carbocycles. The van der Waals surface area contributed by atoms with Gasteiger partial charge in [-0.3, -0.25) is 4.98 Å². The zero-order valence-corrected chi connectivity index (χ0v) is 11.8. The van der Waals surface area contributed by atoms with Gasteiger partial charge in [0.2, 0.25) is 0 Å². The first-order valence-corrected chi connectivity index (χ1v) is 7.24. The van der Waals surface area contributed by atoms with Crippen molar-refractivity contribution in [1.82, 2.24) is 9.88 Å². The Morgan fingerprint density at radius 2 is 1.95 bits per heavy atom. The van der Waals surface area contributed by atoms with Crippen LogP contribution in [-0.4, -0.2) is 54.8 Å². The highest BCUT2D eigenvalue weighted by atomic mass is 16.3. The van der Waals surface area contributed by atoms with Gasteiger partial charge in [-0.05, 0) is 50.9 Å². The van der Waals surface area contributed by atoms with Crippen molar-refractivity contribution in [1.29, 1.82) is 0 Å². The maximum Gasteiger partial charge on any atom is 0.0558 e. The molecule has 1 aliphatic rings. The van der Waals surface area contributed by atoms with E-state index in [4.69, 9.17) is 5.11 Å². The molecule has 19 heavy (non-hydrogen) atoms. The summed E-state index contributed by atoms with van der Waals surface area (Å²) in [5.74, 6) is 0.833. The van der Waals surface area contributed by atoms with E-state index in [-0.39, 0.29) is 6.61 Å². The van der Waals surface area contributed by atoms with Crippen LogP contribution < -0.4 is 4.90 Å². The number of hydrogen-bond donors (Lipinski definition) is 1. The van der Waals surface area contributed by atoms with Crippen LogP contribution in [0.3, 0.4) is 0 Å². The summed E-state index contributed by atoms with van der Waals surface area (Å²) in [4.78, 5) is 8.74. The number of aliphatic hydroxyl groups excluding tert-OH is 1. The second-order valence-corrected chi connectivity index (χ2v) is 5.45. The lowest BCUT2D eigenvalue weighted by Gasteiger charge is -2.34. The third kappa shape index (κ3) is 4.48. The number of aromatic nitrogens is 1. The van der Waals surface area contributed by atoms with E-state index in [0.29, 0.717) is 0 Å². The van der Waals surface area contributed by atoms with Crippen molar-refractivity contribution in [2.45, 2.75) is 19.3 Å². The Bertz CT molecular complexity index is 350. The minimum Gasteiger partial charge on any atom is -0.395 e. The van der Waals surface area contributed by atoms with Crippen molar-refractivity contribution in [3.05, 3.63) is 24.5 Å². The van der Waals surface area contributed by atoms with Gasteiger partial charge in [-0.1, -0.05) is 0 Å². The van der Waals surface area contributed by atoms with E-state index < -0.39 is 0 Å². The summed E-state index contributed by atoms with van der Waals surface area (Å²) in [5.41, 5.74) is 1.30. The van der Waals surface area contributed by atoms with Crippen LogP contribution in [0.15, 0.2) is 24.5 Å². The molecule has 0 spiro atoms. The number of hydrogen-bond acceptors (Lipinski definition) is 4. The van der Waals surface area contributed by atoms with Gasteiger partial charge in [0.05, 0.1) is 6.61 Å². The van der Waals surface area contributed by atoms with Crippen LogP contribution in [0.1, 0.15) is 19.3 Å². The molecule has 0 aromatic carbocycles. The molecule has 0 bridgehead atoms. The molecule has 1 aromatic rings. The largest absolute Gasteiger partial charge is 0.395 e. The Hall–Kier alpha value is -1.13. The van der Waals surface area contributed by atoms with Gasteiger partial charge in [-0.2, -0.15) is 0 Å². The van der Waals surface area contributed by atoms with Gasteiger partial charge in [0.1, 0.15) is 0 Å². The number of piperidine rings is 1. The molecule has 1 N–H and O–H groups in total.